The molecule has 1 N–H and O–H groups in total. The number of guanidine groups is 1. The van der Waals surface area contributed by atoms with Crippen LogP contribution < -0.4 is 10.2 Å². The first-order valence-corrected chi connectivity index (χ1v) is 9.18. The van der Waals surface area contributed by atoms with E-state index in [1.807, 2.05) is 24.5 Å². The number of piperazine rings is 1. The number of aryl methyl sites for hydroxylation is 1. The average molecular weight is 344 g/mol. The molecular formula is C17H24N6S. The summed E-state index contributed by atoms with van der Waals surface area (Å²) in [6.45, 7) is 9.49. The summed E-state index contributed by atoms with van der Waals surface area (Å²) in [4.78, 5) is 19.5. The Morgan fingerprint density at radius 2 is 2.08 bits per heavy atom. The first-order valence-electron chi connectivity index (χ1n) is 8.37. The highest BCUT2D eigenvalue weighted by atomic mass is 32.1. The number of hydrogen-bond donors (Lipinski definition) is 1. The molecule has 2 aromatic heterocycles. The number of aromatic nitrogens is 2. The number of anilines is 1. The highest BCUT2D eigenvalue weighted by Crippen LogP contribution is 2.14. The van der Waals surface area contributed by atoms with Crippen molar-refractivity contribution in [1.29, 1.82) is 0 Å². The summed E-state index contributed by atoms with van der Waals surface area (Å²) in [5, 5.41) is 4.47. The van der Waals surface area contributed by atoms with Gasteiger partial charge in [-0.1, -0.05) is 6.07 Å². The van der Waals surface area contributed by atoms with Crippen molar-refractivity contribution >= 4 is 23.1 Å². The zero-order valence-corrected chi connectivity index (χ0v) is 15.1. The first-order chi connectivity index (χ1) is 11.8. The fourth-order valence-corrected chi connectivity index (χ4v) is 3.44. The second kappa shape index (κ2) is 8.10. The molecule has 1 fully saturated rings. The maximum absolute atomic E-state index is 4.76. The van der Waals surface area contributed by atoms with Crippen LogP contribution >= 0.6 is 11.3 Å². The second-order valence-corrected chi connectivity index (χ2v) is 7.02. The minimum atomic E-state index is 0.640. The Kier molecular flexibility index (Phi) is 5.63. The SMILES string of the molecule is CCNC(=NCc1ncc(C)s1)N1CCN(c2ccccn2)CC1. The van der Waals surface area contributed by atoms with E-state index in [0.717, 1.165) is 49.5 Å². The van der Waals surface area contributed by atoms with Gasteiger partial charge in [0.15, 0.2) is 5.96 Å². The minimum absolute atomic E-state index is 0.640. The number of hydrogen-bond acceptors (Lipinski definition) is 5. The molecule has 0 aliphatic carbocycles. The fourth-order valence-electron chi connectivity index (χ4n) is 2.73. The van der Waals surface area contributed by atoms with Crippen molar-refractivity contribution in [3.05, 3.63) is 40.5 Å². The minimum Gasteiger partial charge on any atom is -0.357 e. The van der Waals surface area contributed by atoms with Gasteiger partial charge in [0, 0.05) is 50.0 Å². The fraction of sp³-hybridized carbons (Fsp3) is 0.471. The highest BCUT2D eigenvalue weighted by Gasteiger charge is 2.20. The smallest absolute Gasteiger partial charge is 0.194 e. The van der Waals surface area contributed by atoms with E-state index >= 15 is 0 Å². The molecule has 7 heteroatoms. The number of thiazole rings is 1. The van der Waals surface area contributed by atoms with Crippen molar-refractivity contribution in [3.63, 3.8) is 0 Å². The van der Waals surface area contributed by atoms with E-state index in [2.05, 4.69) is 45.0 Å². The predicted octanol–water partition coefficient (Wildman–Crippen LogP) is 2.13. The molecule has 0 spiro atoms. The third-order valence-electron chi connectivity index (χ3n) is 3.92. The highest BCUT2D eigenvalue weighted by molar-refractivity contribution is 7.11. The van der Waals surface area contributed by atoms with Crippen LogP contribution in [0.5, 0.6) is 0 Å². The lowest BCUT2D eigenvalue weighted by Gasteiger charge is -2.37. The Balaban J connectivity index is 1.61. The molecule has 1 aliphatic heterocycles. The van der Waals surface area contributed by atoms with Crippen LogP contribution in [0.25, 0.3) is 0 Å². The molecule has 1 saturated heterocycles. The van der Waals surface area contributed by atoms with Gasteiger partial charge in [0.1, 0.15) is 10.8 Å². The van der Waals surface area contributed by atoms with Gasteiger partial charge in [0.05, 0.1) is 6.54 Å². The van der Waals surface area contributed by atoms with Crippen molar-refractivity contribution in [2.24, 2.45) is 4.99 Å². The lowest BCUT2D eigenvalue weighted by Crippen LogP contribution is -2.52. The molecule has 24 heavy (non-hydrogen) atoms. The molecule has 0 aromatic carbocycles. The van der Waals surface area contributed by atoms with Crippen LogP contribution in [-0.4, -0.2) is 53.6 Å². The normalized spacial score (nSPS) is 15.7. The third-order valence-corrected chi connectivity index (χ3v) is 4.82. The summed E-state index contributed by atoms with van der Waals surface area (Å²) >= 11 is 1.71. The Morgan fingerprint density at radius 3 is 2.71 bits per heavy atom. The Labute approximate surface area is 147 Å². The van der Waals surface area contributed by atoms with Gasteiger partial charge in [-0.25, -0.2) is 15.0 Å². The Bertz CT molecular complexity index is 661. The summed E-state index contributed by atoms with van der Waals surface area (Å²) in [5.41, 5.74) is 0. The monoisotopic (exact) mass is 344 g/mol. The molecule has 1 aliphatic rings. The number of nitrogens with one attached hydrogen (secondary N) is 1. The van der Waals surface area contributed by atoms with Crippen molar-refractivity contribution in [3.8, 4) is 0 Å². The molecule has 6 nitrogen and oxygen atoms in total. The largest absolute Gasteiger partial charge is 0.357 e. The molecule has 3 rings (SSSR count). The summed E-state index contributed by atoms with van der Waals surface area (Å²) in [6.07, 6.45) is 3.76. The van der Waals surface area contributed by atoms with E-state index in [0.29, 0.717) is 6.54 Å². The van der Waals surface area contributed by atoms with Crippen molar-refractivity contribution < 1.29 is 0 Å². The van der Waals surface area contributed by atoms with Gasteiger partial charge in [-0.15, -0.1) is 11.3 Å². The number of nitrogens with zero attached hydrogens (tertiary/aromatic N) is 5. The van der Waals surface area contributed by atoms with E-state index in [1.54, 1.807) is 11.3 Å². The van der Waals surface area contributed by atoms with Gasteiger partial charge in [-0.3, -0.25) is 0 Å². The summed E-state index contributed by atoms with van der Waals surface area (Å²) < 4.78 is 0. The lowest BCUT2D eigenvalue weighted by molar-refractivity contribution is 0.371. The maximum Gasteiger partial charge on any atom is 0.194 e. The van der Waals surface area contributed by atoms with Crippen LogP contribution in [0.2, 0.25) is 0 Å². The van der Waals surface area contributed by atoms with E-state index < -0.39 is 0 Å². The molecule has 0 radical (unpaired) electrons. The van der Waals surface area contributed by atoms with Gasteiger partial charge in [-0.2, -0.15) is 0 Å². The first kappa shape index (κ1) is 16.7. The average Bonchev–Trinajstić information content (AvgIpc) is 3.05. The zero-order chi connectivity index (χ0) is 16.8. The summed E-state index contributed by atoms with van der Waals surface area (Å²) in [6, 6.07) is 6.06. The molecular weight excluding hydrogens is 320 g/mol. The standard InChI is InChI=1S/C17H24N6S/c1-3-18-17(21-13-16-20-12-14(2)24-16)23-10-8-22(9-11-23)15-6-4-5-7-19-15/h4-7,12H,3,8-11,13H2,1-2H3,(H,18,21). The Hall–Kier alpha value is -2.15. The van der Waals surface area contributed by atoms with Gasteiger partial charge >= 0.3 is 0 Å². The maximum atomic E-state index is 4.76. The van der Waals surface area contributed by atoms with Crippen LogP contribution in [0.4, 0.5) is 5.82 Å². The van der Waals surface area contributed by atoms with Crippen LogP contribution in [0.15, 0.2) is 35.6 Å². The van der Waals surface area contributed by atoms with E-state index in [4.69, 9.17) is 4.99 Å². The molecule has 3 heterocycles. The van der Waals surface area contributed by atoms with Crippen LogP contribution in [0, 0.1) is 6.92 Å². The molecule has 0 saturated carbocycles. The lowest BCUT2D eigenvalue weighted by atomic mass is 10.3. The molecule has 0 amide bonds. The number of pyridine rings is 1. The van der Waals surface area contributed by atoms with Crippen LogP contribution in [-0.2, 0) is 6.54 Å². The van der Waals surface area contributed by atoms with Gasteiger partial charge in [0.2, 0.25) is 0 Å². The Morgan fingerprint density at radius 1 is 1.25 bits per heavy atom. The van der Waals surface area contributed by atoms with E-state index in [1.165, 1.54) is 4.88 Å². The summed E-state index contributed by atoms with van der Waals surface area (Å²) in [5.74, 6) is 2.03. The third kappa shape index (κ3) is 4.23. The van der Waals surface area contributed by atoms with Crippen LogP contribution in [0.3, 0.4) is 0 Å². The number of aliphatic imine (C=N–C) groups is 1. The summed E-state index contributed by atoms with van der Waals surface area (Å²) in [7, 11) is 0. The molecule has 128 valence electrons. The quantitative estimate of drug-likeness (QED) is 0.680. The molecule has 0 unspecified atom stereocenters. The van der Waals surface area contributed by atoms with Gasteiger partial charge in [-0.05, 0) is 26.0 Å². The van der Waals surface area contributed by atoms with Crippen molar-refractivity contribution in [2.45, 2.75) is 20.4 Å². The topological polar surface area (TPSA) is 56.7 Å². The molecule has 0 bridgehead atoms. The van der Waals surface area contributed by atoms with Gasteiger partial charge in [0.25, 0.3) is 0 Å². The van der Waals surface area contributed by atoms with Crippen molar-refractivity contribution in [2.75, 3.05) is 37.6 Å². The van der Waals surface area contributed by atoms with E-state index in [-0.39, 0.29) is 0 Å². The molecule has 2 aromatic rings. The predicted molar refractivity (Wildman–Crippen MR) is 99.7 cm³/mol. The van der Waals surface area contributed by atoms with Crippen molar-refractivity contribution in [1.82, 2.24) is 20.2 Å². The van der Waals surface area contributed by atoms with E-state index in [9.17, 15) is 0 Å². The molecule has 0 atom stereocenters. The van der Waals surface area contributed by atoms with Gasteiger partial charge < -0.3 is 15.1 Å². The van der Waals surface area contributed by atoms with Crippen LogP contribution in [0.1, 0.15) is 16.8 Å². The second-order valence-electron chi connectivity index (χ2n) is 5.70. The zero-order valence-electron chi connectivity index (χ0n) is 14.3. The number of rotatable bonds is 4.